The number of halogens is 1. The van der Waals surface area contributed by atoms with Gasteiger partial charge in [0.1, 0.15) is 11.3 Å². The van der Waals surface area contributed by atoms with Crippen LogP contribution in [0.4, 0.5) is 5.69 Å². The molecule has 0 fully saturated rings. The van der Waals surface area contributed by atoms with Crippen LogP contribution in [0.2, 0.25) is 5.02 Å². The van der Waals surface area contributed by atoms with E-state index in [0.29, 0.717) is 10.8 Å². The number of carboxylic acids is 1. The zero-order valence-corrected chi connectivity index (χ0v) is 11.6. The fraction of sp³-hybridized carbons (Fsp3) is 0.133. The maximum Gasteiger partial charge on any atom is 0.339 e. The first kappa shape index (κ1) is 14.2. The van der Waals surface area contributed by atoms with Crippen LogP contribution in [0.1, 0.15) is 22.8 Å². The number of hydrogen-bond acceptors (Lipinski definition) is 3. The monoisotopic (exact) mass is 291 g/mol. The maximum atomic E-state index is 11.2. The second-order valence-corrected chi connectivity index (χ2v) is 4.65. The standard InChI is InChI=1S/C15H14ClNO3/c1-2-9-8-10(6-7-12(9)16)20-14-11(15(18)19)4-3-5-13(14)17/h3-8H,2,17H2,1H3,(H,18,19). The van der Waals surface area contributed by atoms with Gasteiger partial charge >= 0.3 is 5.97 Å². The van der Waals surface area contributed by atoms with Crippen LogP contribution < -0.4 is 10.5 Å². The molecule has 3 N–H and O–H groups in total. The molecule has 0 aliphatic heterocycles. The molecular formula is C15H14ClNO3. The lowest BCUT2D eigenvalue weighted by Crippen LogP contribution is -2.03. The first-order valence-corrected chi connectivity index (χ1v) is 6.48. The minimum atomic E-state index is -1.09. The number of rotatable bonds is 4. The summed E-state index contributed by atoms with van der Waals surface area (Å²) in [5, 5.41) is 9.81. The summed E-state index contributed by atoms with van der Waals surface area (Å²) in [6.45, 7) is 1.98. The van der Waals surface area contributed by atoms with Crippen LogP contribution in [0.5, 0.6) is 11.5 Å². The van der Waals surface area contributed by atoms with Crippen molar-refractivity contribution in [2.75, 3.05) is 5.73 Å². The number of hydrogen-bond donors (Lipinski definition) is 2. The predicted octanol–water partition coefficient (Wildman–Crippen LogP) is 3.98. The Kier molecular flexibility index (Phi) is 4.15. The molecule has 2 rings (SSSR count). The molecule has 0 amide bonds. The van der Waals surface area contributed by atoms with Gasteiger partial charge in [0, 0.05) is 5.02 Å². The molecule has 0 unspecified atom stereocenters. The number of aromatic carboxylic acids is 1. The van der Waals surface area contributed by atoms with Crippen molar-refractivity contribution in [1.82, 2.24) is 0 Å². The van der Waals surface area contributed by atoms with E-state index in [2.05, 4.69) is 0 Å². The van der Waals surface area contributed by atoms with Gasteiger partial charge < -0.3 is 15.6 Å². The van der Waals surface area contributed by atoms with Crippen molar-refractivity contribution < 1.29 is 14.6 Å². The molecule has 4 nitrogen and oxygen atoms in total. The molecule has 20 heavy (non-hydrogen) atoms. The number of benzene rings is 2. The molecule has 0 aromatic heterocycles. The Morgan fingerprint density at radius 1 is 1.35 bits per heavy atom. The molecule has 0 saturated heterocycles. The summed E-state index contributed by atoms with van der Waals surface area (Å²) >= 11 is 6.04. The van der Waals surface area contributed by atoms with Crippen LogP contribution in [0.3, 0.4) is 0 Å². The molecular weight excluding hydrogens is 278 g/mol. The molecule has 0 radical (unpaired) electrons. The van der Waals surface area contributed by atoms with Crippen LogP contribution >= 0.6 is 11.6 Å². The van der Waals surface area contributed by atoms with Crippen molar-refractivity contribution in [2.24, 2.45) is 0 Å². The minimum Gasteiger partial charge on any atom is -0.478 e. The summed E-state index contributed by atoms with van der Waals surface area (Å²) in [5.41, 5.74) is 7.02. The van der Waals surface area contributed by atoms with E-state index in [9.17, 15) is 4.79 Å². The van der Waals surface area contributed by atoms with E-state index in [-0.39, 0.29) is 17.0 Å². The normalized spacial score (nSPS) is 10.3. The number of ether oxygens (including phenoxy) is 1. The van der Waals surface area contributed by atoms with Crippen LogP contribution in [0, 0.1) is 0 Å². The fourth-order valence-corrected chi connectivity index (χ4v) is 2.09. The Bertz CT molecular complexity index is 656. The van der Waals surface area contributed by atoms with Crippen molar-refractivity contribution in [3.8, 4) is 11.5 Å². The van der Waals surface area contributed by atoms with Gasteiger partial charge in [0.2, 0.25) is 0 Å². The topological polar surface area (TPSA) is 72.5 Å². The van der Waals surface area contributed by atoms with Gasteiger partial charge in [0.05, 0.1) is 5.69 Å². The zero-order valence-electron chi connectivity index (χ0n) is 10.9. The lowest BCUT2D eigenvalue weighted by Gasteiger charge is -2.12. The largest absolute Gasteiger partial charge is 0.478 e. The number of carboxylic acid groups (broad SMARTS) is 1. The quantitative estimate of drug-likeness (QED) is 0.836. The molecule has 2 aromatic rings. The van der Waals surface area contributed by atoms with Crippen molar-refractivity contribution in [2.45, 2.75) is 13.3 Å². The molecule has 5 heteroatoms. The number of nitrogens with two attached hydrogens (primary N) is 1. The fourth-order valence-electron chi connectivity index (χ4n) is 1.84. The molecule has 0 atom stereocenters. The van der Waals surface area contributed by atoms with E-state index in [1.54, 1.807) is 30.3 Å². The first-order valence-electron chi connectivity index (χ1n) is 6.11. The summed E-state index contributed by atoms with van der Waals surface area (Å²) in [6, 6.07) is 9.79. The maximum absolute atomic E-state index is 11.2. The van der Waals surface area contributed by atoms with Gasteiger partial charge in [0.15, 0.2) is 5.75 Å². The Balaban J connectivity index is 2.42. The smallest absolute Gasteiger partial charge is 0.339 e. The van der Waals surface area contributed by atoms with Crippen molar-refractivity contribution in [3.05, 3.63) is 52.5 Å². The average molecular weight is 292 g/mol. The van der Waals surface area contributed by atoms with Crippen LogP contribution in [-0.2, 0) is 6.42 Å². The van der Waals surface area contributed by atoms with Crippen molar-refractivity contribution >= 4 is 23.3 Å². The second-order valence-electron chi connectivity index (χ2n) is 4.24. The van der Waals surface area contributed by atoms with E-state index in [4.69, 9.17) is 27.2 Å². The molecule has 0 heterocycles. The highest BCUT2D eigenvalue weighted by atomic mass is 35.5. The molecule has 0 bridgehead atoms. The van der Waals surface area contributed by atoms with Crippen molar-refractivity contribution in [3.63, 3.8) is 0 Å². The number of anilines is 1. The Hall–Kier alpha value is -2.20. The van der Waals surface area contributed by atoms with E-state index >= 15 is 0 Å². The van der Waals surface area contributed by atoms with Crippen LogP contribution in [-0.4, -0.2) is 11.1 Å². The summed E-state index contributed by atoms with van der Waals surface area (Å²) in [6.07, 6.45) is 0.756. The summed E-state index contributed by atoms with van der Waals surface area (Å²) in [5.74, 6) is -0.437. The Morgan fingerprint density at radius 3 is 2.75 bits per heavy atom. The Labute approximate surface area is 121 Å². The SMILES string of the molecule is CCc1cc(Oc2c(N)cccc2C(=O)O)ccc1Cl. The molecule has 104 valence electrons. The number of aryl methyl sites for hydroxylation is 1. The van der Waals surface area contributed by atoms with E-state index < -0.39 is 5.97 Å². The molecule has 0 spiro atoms. The number of nitrogen functional groups attached to an aromatic ring is 1. The van der Waals surface area contributed by atoms with E-state index in [0.717, 1.165) is 12.0 Å². The average Bonchev–Trinajstić information content (AvgIpc) is 2.42. The first-order chi connectivity index (χ1) is 9.52. The molecule has 0 saturated carbocycles. The van der Waals surface area contributed by atoms with Gasteiger partial charge in [-0.2, -0.15) is 0 Å². The molecule has 0 aliphatic carbocycles. The lowest BCUT2D eigenvalue weighted by atomic mass is 10.1. The molecule has 0 aliphatic rings. The summed E-state index contributed by atoms with van der Waals surface area (Å²) in [4.78, 5) is 11.2. The third-order valence-corrected chi connectivity index (χ3v) is 3.26. The van der Waals surface area contributed by atoms with E-state index in [1.165, 1.54) is 6.07 Å². The lowest BCUT2D eigenvalue weighted by molar-refractivity contribution is 0.0694. The Morgan fingerprint density at radius 2 is 2.10 bits per heavy atom. The van der Waals surface area contributed by atoms with Gasteiger partial charge in [-0.15, -0.1) is 0 Å². The van der Waals surface area contributed by atoms with Gasteiger partial charge in [0.25, 0.3) is 0 Å². The van der Waals surface area contributed by atoms with E-state index in [1.807, 2.05) is 6.92 Å². The second kappa shape index (κ2) is 5.84. The highest BCUT2D eigenvalue weighted by Crippen LogP contribution is 2.33. The zero-order chi connectivity index (χ0) is 14.7. The van der Waals surface area contributed by atoms with Gasteiger partial charge in [-0.25, -0.2) is 4.79 Å². The van der Waals surface area contributed by atoms with Gasteiger partial charge in [-0.3, -0.25) is 0 Å². The summed E-state index contributed by atoms with van der Waals surface area (Å²) < 4.78 is 5.63. The van der Waals surface area contributed by atoms with Crippen molar-refractivity contribution in [1.29, 1.82) is 0 Å². The third-order valence-electron chi connectivity index (χ3n) is 2.89. The number of carbonyl (C=O) groups is 1. The highest BCUT2D eigenvalue weighted by Gasteiger charge is 2.15. The summed E-state index contributed by atoms with van der Waals surface area (Å²) in [7, 11) is 0. The third kappa shape index (κ3) is 2.86. The predicted molar refractivity (Wildman–Crippen MR) is 78.7 cm³/mol. The highest BCUT2D eigenvalue weighted by molar-refractivity contribution is 6.31. The van der Waals surface area contributed by atoms with Crippen LogP contribution in [0.15, 0.2) is 36.4 Å². The van der Waals surface area contributed by atoms with Gasteiger partial charge in [-0.1, -0.05) is 24.6 Å². The molecule has 2 aromatic carbocycles. The number of para-hydroxylation sites is 1. The van der Waals surface area contributed by atoms with Crippen LogP contribution in [0.25, 0.3) is 0 Å². The minimum absolute atomic E-state index is 0.0259. The van der Waals surface area contributed by atoms with Gasteiger partial charge in [-0.05, 0) is 42.3 Å².